The molecule has 0 amide bonds. The molecule has 13 heavy (non-hydrogen) atoms. The molecule has 0 heterocycles. The van der Waals surface area contributed by atoms with Crippen LogP contribution in [0.2, 0.25) is 0 Å². The second-order valence-electron chi connectivity index (χ2n) is 4.96. The maximum atomic E-state index is 9.14. The molecule has 0 aromatic heterocycles. The van der Waals surface area contributed by atoms with Crippen LogP contribution in [0, 0.1) is 16.7 Å². The molecule has 0 spiro atoms. The normalized spacial score (nSPS) is 25.8. The van der Waals surface area contributed by atoms with Gasteiger partial charge in [-0.3, -0.25) is 0 Å². The third-order valence-electron chi connectivity index (χ3n) is 2.73. The molecule has 0 bridgehead atoms. The Labute approximate surface area is 85.9 Å². The molecule has 1 rings (SSSR count). The summed E-state index contributed by atoms with van der Waals surface area (Å²) < 4.78 is -0.0566. The fourth-order valence-corrected chi connectivity index (χ4v) is 4.09. The van der Waals surface area contributed by atoms with Gasteiger partial charge in [-0.05, 0) is 24.7 Å². The zero-order valence-electron chi connectivity index (χ0n) is 9.05. The third kappa shape index (κ3) is 2.40. The quantitative estimate of drug-likeness (QED) is 0.690. The SMILES string of the molecule is CCC(C)SC1(C#N)CC(C)(C)C1. The maximum Gasteiger partial charge on any atom is 0.104 e. The fourth-order valence-electron chi connectivity index (χ4n) is 2.15. The fraction of sp³-hybridized carbons (Fsp3) is 0.909. The van der Waals surface area contributed by atoms with E-state index in [-0.39, 0.29) is 4.75 Å². The summed E-state index contributed by atoms with van der Waals surface area (Å²) in [6.45, 7) is 8.90. The number of rotatable bonds is 3. The first-order valence-electron chi connectivity index (χ1n) is 5.02. The lowest BCUT2D eigenvalue weighted by molar-refractivity contribution is 0.161. The summed E-state index contributed by atoms with van der Waals surface area (Å²) in [4.78, 5) is 0. The first-order chi connectivity index (χ1) is 5.93. The molecule has 0 aliphatic heterocycles. The van der Waals surface area contributed by atoms with Crippen molar-refractivity contribution in [2.45, 2.75) is 57.0 Å². The van der Waals surface area contributed by atoms with E-state index in [0.29, 0.717) is 10.7 Å². The monoisotopic (exact) mass is 197 g/mol. The molecule has 0 saturated heterocycles. The molecule has 1 nitrogen and oxygen atoms in total. The van der Waals surface area contributed by atoms with E-state index >= 15 is 0 Å². The van der Waals surface area contributed by atoms with Gasteiger partial charge in [0.05, 0.1) is 6.07 Å². The molecule has 0 aromatic rings. The minimum atomic E-state index is -0.0566. The lowest BCUT2D eigenvalue weighted by atomic mass is 9.64. The van der Waals surface area contributed by atoms with Crippen molar-refractivity contribution in [3.8, 4) is 6.07 Å². The first-order valence-corrected chi connectivity index (χ1v) is 5.90. The van der Waals surface area contributed by atoms with Crippen LogP contribution in [0.3, 0.4) is 0 Å². The molecular formula is C11H19NS. The molecule has 74 valence electrons. The van der Waals surface area contributed by atoms with Crippen LogP contribution in [0.15, 0.2) is 0 Å². The Morgan fingerprint density at radius 2 is 2.00 bits per heavy atom. The van der Waals surface area contributed by atoms with Gasteiger partial charge in [-0.2, -0.15) is 5.26 Å². The van der Waals surface area contributed by atoms with Crippen LogP contribution in [0.4, 0.5) is 0 Å². The predicted octanol–water partition coefficient (Wildman–Crippen LogP) is 3.60. The van der Waals surface area contributed by atoms with E-state index in [4.69, 9.17) is 5.26 Å². The average molecular weight is 197 g/mol. The second-order valence-corrected chi connectivity index (χ2v) is 6.78. The molecule has 0 N–H and O–H groups in total. The molecule has 1 fully saturated rings. The Balaban J connectivity index is 2.52. The standard InChI is InChI=1S/C11H19NS/c1-5-9(2)13-11(8-12)6-10(3,4)7-11/h9H,5-7H2,1-4H3. The number of nitriles is 1. The summed E-state index contributed by atoms with van der Waals surface area (Å²) in [5.41, 5.74) is 0.399. The van der Waals surface area contributed by atoms with Gasteiger partial charge < -0.3 is 0 Å². The zero-order chi connectivity index (χ0) is 10.1. The van der Waals surface area contributed by atoms with Gasteiger partial charge in [0.1, 0.15) is 4.75 Å². The Hall–Kier alpha value is -0.160. The summed E-state index contributed by atoms with van der Waals surface area (Å²) in [6, 6.07) is 2.50. The number of nitrogens with zero attached hydrogens (tertiary/aromatic N) is 1. The van der Waals surface area contributed by atoms with Crippen LogP contribution in [0.5, 0.6) is 0 Å². The van der Waals surface area contributed by atoms with Gasteiger partial charge >= 0.3 is 0 Å². The molecule has 1 aliphatic rings. The third-order valence-corrected chi connectivity index (χ3v) is 4.30. The number of thioether (sulfide) groups is 1. The van der Waals surface area contributed by atoms with Crippen molar-refractivity contribution < 1.29 is 0 Å². The lowest BCUT2D eigenvalue weighted by Gasteiger charge is -2.49. The van der Waals surface area contributed by atoms with Gasteiger partial charge in [0, 0.05) is 5.25 Å². The zero-order valence-corrected chi connectivity index (χ0v) is 9.87. The Morgan fingerprint density at radius 3 is 2.31 bits per heavy atom. The van der Waals surface area contributed by atoms with Crippen LogP contribution in [-0.4, -0.2) is 10.00 Å². The van der Waals surface area contributed by atoms with E-state index < -0.39 is 0 Å². The summed E-state index contributed by atoms with van der Waals surface area (Å²) >= 11 is 1.87. The highest BCUT2D eigenvalue weighted by Crippen LogP contribution is 2.56. The van der Waals surface area contributed by atoms with E-state index in [2.05, 4.69) is 33.8 Å². The van der Waals surface area contributed by atoms with Gasteiger partial charge in [-0.1, -0.05) is 27.7 Å². The van der Waals surface area contributed by atoms with E-state index in [0.717, 1.165) is 19.3 Å². The van der Waals surface area contributed by atoms with Gasteiger partial charge in [0.25, 0.3) is 0 Å². The summed E-state index contributed by atoms with van der Waals surface area (Å²) in [5, 5.41) is 9.76. The van der Waals surface area contributed by atoms with Crippen molar-refractivity contribution in [3.63, 3.8) is 0 Å². The van der Waals surface area contributed by atoms with Crippen molar-refractivity contribution in [2.75, 3.05) is 0 Å². The Morgan fingerprint density at radius 1 is 1.46 bits per heavy atom. The largest absolute Gasteiger partial charge is 0.197 e. The van der Waals surface area contributed by atoms with Crippen LogP contribution >= 0.6 is 11.8 Å². The highest BCUT2D eigenvalue weighted by Gasteiger charge is 2.50. The first kappa shape index (κ1) is 10.9. The van der Waals surface area contributed by atoms with E-state index in [1.807, 2.05) is 11.8 Å². The van der Waals surface area contributed by atoms with Gasteiger partial charge in [-0.15, -0.1) is 11.8 Å². The summed E-state index contributed by atoms with van der Waals surface area (Å²) in [6.07, 6.45) is 3.28. The van der Waals surface area contributed by atoms with Crippen molar-refractivity contribution in [2.24, 2.45) is 5.41 Å². The second kappa shape index (κ2) is 3.53. The molecule has 0 radical (unpaired) electrons. The van der Waals surface area contributed by atoms with Crippen molar-refractivity contribution in [1.82, 2.24) is 0 Å². The minimum absolute atomic E-state index is 0.0566. The summed E-state index contributed by atoms with van der Waals surface area (Å²) in [7, 11) is 0. The molecule has 0 aromatic carbocycles. The molecule has 1 unspecified atom stereocenters. The highest BCUT2D eigenvalue weighted by molar-refractivity contribution is 8.01. The molecule has 1 atom stereocenters. The molecule has 1 saturated carbocycles. The van der Waals surface area contributed by atoms with E-state index in [9.17, 15) is 0 Å². The van der Waals surface area contributed by atoms with Crippen LogP contribution in [0.25, 0.3) is 0 Å². The van der Waals surface area contributed by atoms with Gasteiger partial charge in [-0.25, -0.2) is 0 Å². The maximum absolute atomic E-state index is 9.14. The predicted molar refractivity (Wildman–Crippen MR) is 58.7 cm³/mol. The van der Waals surface area contributed by atoms with Crippen molar-refractivity contribution >= 4 is 11.8 Å². The topological polar surface area (TPSA) is 23.8 Å². The van der Waals surface area contributed by atoms with Gasteiger partial charge in [0.15, 0.2) is 0 Å². The van der Waals surface area contributed by atoms with E-state index in [1.54, 1.807) is 0 Å². The minimum Gasteiger partial charge on any atom is -0.197 e. The number of hydrogen-bond donors (Lipinski definition) is 0. The van der Waals surface area contributed by atoms with Crippen molar-refractivity contribution in [1.29, 1.82) is 5.26 Å². The number of hydrogen-bond acceptors (Lipinski definition) is 2. The van der Waals surface area contributed by atoms with E-state index in [1.165, 1.54) is 0 Å². The lowest BCUT2D eigenvalue weighted by Crippen LogP contribution is -2.46. The van der Waals surface area contributed by atoms with Crippen LogP contribution < -0.4 is 0 Å². The summed E-state index contributed by atoms with van der Waals surface area (Å²) in [5.74, 6) is 0. The van der Waals surface area contributed by atoms with Crippen molar-refractivity contribution in [3.05, 3.63) is 0 Å². The average Bonchev–Trinajstić information content (AvgIpc) is 2.00. The Bertz CT molecular complexity index is 219. The molecule has 1 aliphatic carbocycles. The van der Waals surface area contributed by atoms with Crippen LogP contribution in [-0.2, 0) is 0 Å². The smallest absolute Gasteiger partial charge is 0.104 e. The van der Waals surface area contributed by atoms with Gasteiger partial charge in [0.2, 0.25) is 0 Å². The molecular weight excluding hydrogens is 178 g/mol. The van der Waals surface area contributed by atoms with Crippen LogP contribution in [0.1, 0.15) is 47.0 Å². The highest BCUT2D eigenvalue weighted by atomic mass is 32.2. The molecule has 2 heteroatoms. The Kier molecular flexibility index (Phi) is 2.97.